The highest BCUT2D eigenvalue weighted by atomic mass is 16.5. The largest absolute Gasteiger partial charge is 0.515 e. The molecule has 0 saturated heterocycles. The van der Waals surface area contributed by atoms with Gasteiger partial charge in [0, 0.05) is 0 Å². The molecule has 0 bridgehead atoms. The number of ether oxygens (including phenoxy) is 1. The van der Waals surface area contributed by atoms with Gasteiger partial charge < -0.3 is 9.84 Å². The molecule has 2 rings (SSSR count). The lowest BCUT2D eigenvalue weighted by atomic mass is 9.99. The van der Waals surface area contributed by atoms with Gasteiger partial charge in [-0.15, -0.1) is 0 Å². The van der Waals surface area contributed by atoms with Gasteiger partial charge in [-0.1, -0.05) is 24.3 Å². The van der Waals surface area contributed by atoms with Crippen LogP contribution in [0, 0.1) is 0 Å². The fourth-order valence-electron chi connectivity index (χ4n) is 1.36. The molecule has 66 valence electrons. The van der Waals surface area contributed by atoms with E-state index in [4.69, 9.17) is 9.84 Å². The normalized spacial score (nSPS) is 18.2. The average molecular weight is 176 g/mol. The number of hydrogen-bond donors (Lipinski definition) is 1. The number of rotatable bonds is 0. The average Bonchev–Trinajstić information content (AvgIpc) is 2.18. The van der Waals surface area contributed by atoms with E-state index in [0.717, 1.165) is 17.4 Å². The molecule has 0 aromatic heterocycles. The van der Waals surface area contributed by atoms with Crippen molar-refractivity contribution in [1.82, 2.24) is 0 Å². The summed E-state index contributed by atoms with van der Waals surface area (Å²) in [4.78, 5) is 11.1. The zero-order chi connectivity index (χ0) is 9.26. The zero-order valence-corrected chi connectivity index (χ0v) is 6.86. The second kappa shape index (κ2) is 2.94. The fourth-order valence-corrected chi connectivity index (χ4v) is 1.36. The maximum absolute atomic E-state index is 11.1. The SMILES string of the molecule is O=C1OCc2ccccc2C1=CO. The third kappa shape index (κ3) is 1.18. The van der Waals surface area contributed by atoms with E-state index in [1.165, 1.54) is 0 Å². The Morgan fingerprint density at radius 3 is 2.92 bits per heavy atom. The van der Waals surface area contributed by atoms with E-state index >= 15 is 0 Å². The van der Waals surface area contributed by atoms with Gasteiger partial charge in [0.15, 0.2) is 0 Å². The minimum absolute atomic E-state index is 0.224. The quantitative estimate of drug-likeness (QED) is 0.371. The maximum atomic E-state index is 11.1. The van der Waals surface area contributed by atoms with Crippen LogP contribution in [0.25, 0.3) is 5.57 Å². The van der Waals surface area contributed by atoms with Crippen molar-refractivity contribution in [3.05, 3.63) is 41.7 Å². The first-order chi connectivity index (χ1) is 6.33. The van der Waals surface area contributed by atoms with Gasteiger partial charge in [0.05, 0.1) is 6.26 Å². The Labute approximate surface area is 75.3 Å². The highest BCUT2D eigenvalue weighted by Gasteiger charge is 2.22. The standard InChI is InChI=1S/C10H8O3/c11-5-9-8-4-2-1-3-7(8)6-13-10(9)12/h1-5,11H,6H2. The maximum Gasteiger partial charge on any atom is 0.342 e. The third-order valence-corrected chi connectivity index (χ3v) is 2.02. The van der Waals surface area contributed by atoms with Crippen molar-refractivity contribution in [3.8, 4) is 0 Å². The van der Waals surface area contributed by atoms with Crippen molar-refractivity contribution in [2.24, 2.45) is 0 Å². The van der Waals surface area contributed by atoms with Gasteiger partial charge in [0.1, 0.15) is 12.2 Å². The van der Waals surface area contributed by atoms with Gasteiger partial charge in [0.2, 0.25) is 0 Å². The molecule has 0 saturated carbocycles. The summed E-state index contributed by atoms with van der Waals surface area (Å²) in [5, 5.41) is 8.85. The van der Waals surface area contributed by atoms with Gasteiger partial charge in [-0.2, -0.15) is 0 Å². The summed E-state index contributed by atoms with van der Waals surface area (Å²) in [5.74, 6) is -0.471. The van der Waals surface area contributed by atoms with Gasteiger partial charge >= 0.3 is 5.97 Å². The number of fused-ring (bicyclic) bond motifs is 1. The first-order valence-electron chi connectivity index (χ1n) is 3.92. The number of aliphatic hydroxyl groups excluding tert-OH is 1. The number of esters is 1. The Kier molecular flexibility index (Phi) is 1.77. The second-order valence-electron chi connectivity index (χ2n) is 2.78. The topological polar surface area (TPSA) is 46.5 Å². The highest BCUT2D eigenvalue weighted by molar-refractivity contribution is 6.17. The second-order valence-corrected chi connectivity index (χ2v) is 2.78. The molecule has 0 amide bonds. The van der Waals surface area contributed by atoms with Crippen LogP contribution in [0.5, 0.6) is 0 Å². The summed E-state index contributed by atoms with van der Waals surface area (Å²) in [7, 11) is 0. The highest BCUT2D eigenvalue weighted by Crippen LogP contribution is 2.25. The van der Waals surface area contributed by atoms with Crippen molar-refractivity contribution in [2.75, 3.05) is 0 Å². The molecule has 1 N–H and O–H groups in total. The van der Waals surface area contributed by atoms with Crippen LogP contribution in [0.3, 0.4) is 0 Å². The molecule has 1 aliphatic heterocycles. The Hall–Kier alpha value is -1.77. The lowest BCUT2D eigenvalue weighted by Crippen LogP contribution is -2.15. The number of cyclic esters (lactones) is 1. The van der Waals surface area contributed by atoms with E-state index in [2.05, 4.69) is 0 Å². The van der Waals surface area contributed by atoms with Crippen LogP contribution >= 0.6 is 0 Å². The van der Waals surface area contributed by atoms with E-state index in [1.807, 2.05) is 18.2 Å². The number of carbonyl (C=O) groups is 1. The molecule has 13 heavy (non-hydrogen) atoms. The Morgan fingerprint density at radius 2 is 2.15 bits per heavy atom. The molecular weight excluding hydrogens is 168 g/mol. The van der Waals surface area contributed by atoms with Crippen molar-refractivity contribution >= 4 is 11.5 Å². The first-order valence-corrected chi connectivity index (χ1v) is 3.92. The van der Waals surface area contributed by atoms with Crippen LogP contribution in [0.15, 0.2) is 30.5 Å². The van der Waals surface area contributed by atoms with Crippen molar-refractivity contribution in [2.45, 2.75) is 6.61 Å². The van der Waals surface area contributed by atoms with Gasteiger partial charge in [-0.3, -0.25) is 0 Å². The summed E-state index contributed by atoms with van der Waals surface area (Å²) in [6.07, 6.45) is 0.792. The summed E-state index contributed by atoms with van der Waals surface area (Å²) < 4.78 is 4.84. The molecule has 0 spiro atoms. The van der Waals surface area contributed by atoms with Crippen LogP contribution in [-0.2, 0) is 16.1 Å². The van der Waals surface area contributed by atoms with Crippen LogP contribution < -0.4 is 0 Å². The molecule has 0 fully saturated rings. The third-order valence-electron chi connectivity index (χ3n) is 2.02. The number of aliphatic hydroxyl groups is 1. The monoisotopic (exact) mass is 176 g/mol. The molecule has 1 aromatic carbocycles. The Balaban J connectivity index is 2.58. The van der Waals surface area contributed by atoms with E-state index < -0.39 is 5.97 Å². The van der Waals surface area contributed by atoms with Crippen LogP contribution in [-0.4, -0.2) is 11.1 Å². The summed E-state index contributed by atoms with van der Waals surface area (Å²) in [6, 6.07) is 7.34. The molecule has 1 aliphatic rings. The van der Waals surface area contributed by atoms with Gasteiger partial charge in [-0.05, 0) is 11.1 Å². The van der Waals surface area contributed by atoms with E-state index in [1.54, 1.807) is 6.07 Å². The lowest BCUT2D eigenvalue weighted by Gasteiger charge is -2.17. The molecule has 1 heterocycles. The molecule has 0 aliphatic carbocycles. The summed E-state index contributed by atoms with van der Waals surface area (Å²) >= 11 is 0. The van der Waals surface area contributed by atoms with E-state index in [0.29, 0.717) is 0 Å². The molecule has 0 atom stereocenters. The molecule has 0 radical (unpaired) electrons. The van der Waals surface area contributed by atoms with Crippen LogP contribution in [0.1, 0.15) is 11.1 Å². The Morgan fingerprint density at radius 1 is 1.38 bits per heavy atom. The Bertz CT molecular complexity index is 380. The van der Waals surface area contributed by atoms with Crippen molar-refractivity contribution < 1.29 is 14.6 Å². The predicted molar refractivity (Wildman–Crippen MR) is 46.8 cm³/mol. The van der Waals surface area contributed by atoms with Crippen LogP contribution in [0.4, 0.5) is 0 Å². The van der Waals surface area contributed by atoms with Crippen molar-refractivity contribution in [3.63, 3.8) is 0 Å². The molecule has 3 nitrogen and oxygen atoms in total. The summed E-state index contributed by atoms with van der Waals surface area (Å²) in [6.45, 7) is 0.284. The zero-order valence-electron chi connectivity index (χ0n) is 6.86. The molecule has 3 heteroatoms. The smallest absolute Gasteiger partial charge is 0.342 e. The number of benzene rings is 1. The minimum Gasteiger partial charge on any atom is -0.515 e. The van der Waals surface area contributed by atoms with Crippen LogP contribution in [0.2, 0.25) is 0 Å². The molecular formula is C10H8O3. The number of hydrogen-bond acceptors (Lipinski definition) is 3. The summed E-state index contributed by atoms with van der Waals surface area (Å²) in [5.41, 5.74) is 1.89. The fraction of sp³-hybridized carbons (Fsp3) is 0.100. The first kappa shape index (κ1) is 7.86. The van der Waals surface area contributed by atoms with E-state index in [-0.39, 0.29) is 12.2 Å². The molecule has 1 aromatic rings. The van der Waals surface area contributed by atoms with Crippen molar-refractivity contribution in [1.29, 1.82) is 0 Å². The molecule has 0 unspecified atom stereocenters. The van der Waals surface area contributed by atoms with E-state index in [9.17, 15) is 4.79 Å². The lowest BCUT2D eigenvalue weighted by molar-refractivity contribution is -0.138. The van der Waals surface area contributed by atoms with Gasteiger partial charge in [0.25, 0.3) is 0 Å². The predicted octanol–water partition coefficient (Wildman–Crippen LogP) is 1.64. The van der Waals surface area contributed by atoms with Gasteiger partial charge in [-0.25, -0.2) is 4.79 Å². The minimum atomic E-state index is -0.471. The number of carbonyl (C=O) groups excluding carboxylic acids is 1.